The van der Waals surface area contributed by atoms with Crippen molar-refractivity contribution in [2.75, 3.05) is 5.73 Å². The summed E-state index contributed by atoms with van der Waals surface area (Å²) in [6, 6.07) is 8.62. The van der Waals surface area contributed by atoms with Crippen LogP contribution in [0, 0.1) is 11.7 Å². The van der Waals surface area contributed by atoms with Crippen LogP contribution in [0.1, 0.15) is 57.6 Å². The van der Waals surface area contributed by atoms with Gasteiger partial charge in [0.25, 0.3) is 0 Å². The molecule has 1 aliphatic rings. The minimum Gasteiger partial charge on any atom is -0.598 e. The second kappa shape index (κ2) is 7.78. The molecule has 3 rings (SSSR count). The monoisotopic (exact) mass is 389 g/mol. The second-order valence-corrected chi connectivity index (χ2v) is 10.3. The highest BCUT2D eigenvalue weighted by Gasteiger charge is 2.43. The molecule has 27 heavy (non-hydrogen) atoms. The van der Waals surface area contributed by atoms with Crippen molar-refractivity contribution in [3.8, 4) is 0 Å². The molecule has 0 spiro atoms. The number of benzene rings is 1. The van der Waals surface area contributed by atoms with Gasteiger partial charge in [-0.3, -0.25) is 4.98 Å². The van der Waals surface area contributed by atoms with Crippen LogP contribution in [0.25, 0.3) is 0 Å². The van der Waals surface area contributed by atoms with Gasteiger partial charge in [-0.25, -0.2) is 4.39 Å². The summed E-state index contributed by atoms with van der Waals surface area (Å²) in [7, 11) is 0. The minimum atomic E-state index is -1.33. The average Bonchev–Trinajstić information content (AvgIpc) is 3.45. The summed E-state index contributed by atoms with van der Waals surface area (Å²) in [5.41, 5.74) is 6.96. The predicted octanol–water partition coefficient (Wildman–Crippen LogP) is 4.29. The number of rotatable bonds is 7. The van der Waals surface area contributed by atoms with Crippen LogP contribution in [-0.4, -0.2) is 14.3 Å². The number of pyridine rings is 1. The van der Waals surface area contributed by atoms with Crippen LogP contribution in [0.5, 0.6) is 0 Å². The molecule has 146 valence electrons. The molecule has 6 heteroatoms. The van der Waals surface area contributed by atoms with E-state index in [9.17, 15) is 8.94 Å². The van der Waals surface area contributed by atoms with E-state index >= 15 is 0 Å². The third-order valence-electron chi connectivity index (χ3n) is 5.09. The van der Waals surface area contributed by atoms with Crippen molar-refractivity contribution in [1.29, 1.82) is 0 Å². The van der Waals surface area contributed by atoms with Crippen molar-refractivity contribution in [2.24, 2.45) is 5.92 Å². The SMILES string of the molecule is CC(C)(C)[S@+]([O-])N[C@](CCC1CC1)(c1cccnc1)c1ccc(F)c(N)c1. The maximum atomic E-state index is 13.8. The average molecular weight is 390 g/mol. The lowest BCUT2D eigenvalue weighted by Crippen LogP contribution is -2.52. The molecule has 1 heterocycles. The number of nitrogens with two attached hydrogens (primary N) is 1. The Morgan fingerprint density at radius 2 is 2.00 bits per heavy atom. The van der Waals surface area contributed by atoms with Gasteiger partial charge >= 0.3 is 0 Å². The normalized spacial score (nSPS) is 18.1. The molecular formula is C21H28FN3OS. The van der Waals surface area contributed by atoms with Crippen molar-refractivity contribution in [3.05, 3.63) is 59.7 Å². The second-order valence-electron chi connectivity index (χ2n) is 8.35. The van der Waals surface area contributed by atoms with Crippen LogP contribution < -0.4 is 10.5 Å². The van der Waals surface area contributed by atoms with E-state index in [0.717, 1.165) is 24.0 Å². The summed E-state index contributed by atoms with van der Waals surface area (Å²) in [5.74, 6) is 0.252. The number of nitrogens with one attached hydrogen (secondary N) is 1. The zero-order chi connectivity index (χ0) is 19.7. The Balaban J connectivity index is 2.11. The van der Waals surface area contributed by atoms with Gasteiger partial charge in [0.2, 0.25) is 0 Å². The Kier molecular flexibility index (Phi) is 5.79. The van der Waals surface area contributed by atoms with E-state index < -0.39 is 27.5 Å². The van der Waals surface area contributed by atoms with E-state index in [2.05, 4.69) is 9.71 Å². The van der Waals surface area contributed by atoms with Crippen LogP contribution in [0.3, 0.4) is 0 Å². The number of hydrogen-bond acceptors (Lipinski definition) is 4. The van der Waals surface area contributed by atoms with Gasteiger partial charge in [-0.2, -0.15) is 0 Å². The molecule has 0 aliphatic heterocycles. The van der Waals surface area contributed by atoms with Gasteiger partial charge in [0, 0.05) is 23.8 Å². The summed E-state index contributed by atoms with van der Waals surface area (Å²) in [6.07, 6.45) is 7.72. The maximum absolute atomic E-state index is 13.8. The molecule has 2 aromatic rings. The lowest BCUT2D eigenvalue weighted by Gasteiger charge is -2.38. The van der Waals surface area contributed by atoms with Gasteiger partial charge in [-0.15, -0.1) is 4.72 Å². The van der Waals surface area contributed by atoms with Crippen molar-refractivity contribution < 1.29 is 8.94 Å². The first kappa shape index (κ1) is 20.1. The molecule has 0 radical (unpaired) electrons. The van der Waals surface area contributed by atoms with Gasteiger partial charge in [0.15, 0.2) is 0 Å². The minimum absolute atomic E-state index is 0.0931. The van der Waals surface area contributed by atoms with Gasteiger partial charge in [-0.05, 0) is 68.9 Å². The molecule has 0 bridgehead atoms. The van der Waals surface area contributed by atoms with Crippen LogP contribution in [0.2, 0.25) is 0 Å². The first-order valence-corrected chi connectivity index (χ1v) is 10.5. The predicted molar refractivity (Wildman–Crippen MR) is 109 cm³/mol. The Bertz CT molecular complexity index is 777. The molecule has 2 atom stereocenters. The molecule has 0 saturated heterocycles. The van der Waals surface area contributed by atoms with Gasteiger partial charge in [0.1, 0.15) is 16.1 Å². The highest BCUT2D eigenvalue weighted by molar-refractivity contribution is 7.90. The van der Waals surface area contributed by atoms with Crippen LogP contribution in [0.4, 0.5) is 10.1 Å². The smallest absolute Gasteiger partial charge is 0.146 e. The number of nitrogens with zero attached hydrogens (tertiary/aromatic N) is 1. The van der Waals surface area contributed by atoms with Gasteiger partial charge in [0.05, 0.1) is 5.69 Å². The molecule has 1 aromatic heterocycles. The molecule has 1 aromatic carbocycles. The van der Waals surface area contributed by atoms with E-state index in [1.807, 2.05) is 32.9 Å². The fourth-order valence-corrected chi connectivity index (χ4v) is 4.15. The summed E-state index contributed by atoms with van der Waals surface area (Å²) in [6.45, 7) is 5.80. The molecule has 0 unspecified atom stereocenters. The van der Waals surface area contributed by atoms with Crippen molar-refractivity contribution in [3.63, 3.8) is 0 Å². The van der Waals surface area contributed by atoms with Crippen molar-refractivity contribution in [1.82, 2.24) is 9.71 Å². The summed E-state index contributed by atoms with van der Waals surface area (Å²) in [5, 5.41) is 0. The third-order valence-corrected chi connectivity index (χ3v) is 6.74. The number of aromatic nitrogens is 1. The van der Waals surface area contributed by atoms with Gasteiger partial charge < -0.3 is 10.3 Å². The highest BCUT2D eigenvalue weighted by atomic mass is 32.2. The quantitative estimate of drug-likeness (QED) is 0.547. The van der Waals surface area contributed by atoms with E-state index in [0.29, 0.717) is 5.92 Å². The summed E-state index contributed by atoms with van der Waals surface area (Å²) in [4.78, 5) is 4.28. The van der Waals surface area contributed by atoms with E-state index in [1.165, 1.54) is 18.9 Å². The van der Waals surface area contributed by atoms with Gasteiger partial charge in [-0.1, -0.05) is 25.0 Å². The Hall–Kier alpha value is -1.63. The first-order chi connectivity index (χ1) is 12.7. The number of halogens is 1. The topological polar surface area (TPSA) is 74.0 Å². The molecule has 0 amide bonds. The van der Waals surface area contributed by atoms with E-state index in [4.69, 9.17) is 5.73 Å². The first-order valence-electron chi connectivity index (χ1n) is 9.38. The Morgan fingerprint density at radius 3 is 2.56 bits per heavy atom. The van der Waals surface area contributed by atoms with Crippen molar-refractivity contribution >= 4 is 17.0 Å². The third kappa shape index (κ3) is 4.62. The number of anilines is 1. The van der Waals surface area contributed by atoms with Crippen LogP contribution >= 0.6 is 0 Å². The number of nitrogen functional groups attached to an aromatic ring is 1. The molecular weight excluding hydrogens is 361 g/mol. The zero-order valence-corrected chi connectivity index (χ0v) is 17.0. The van der Waals surface area contributed by atoms with E-state index in [-0.39, 0.29) is 5.69 Å². The molecule has 4 nitrogen and oxygen atoms in total. The van der Waals surface area contributed by atoms with Crippen LogP contribution in [-0.2, 0) is 16.9 Å². The number of hydrogen-bond donors (Lipinski definition) is 2. The molecule has 3 N–H and O–H groups in total. The molecule has 1 saturated carbocycles. The Labute approximate surface area is 164 Å². The largest absolute Gasteiger partial charge is 0.598 e. The Morgan fingerprint density at radius 1 is 1.26 bits per heavy atom. The van der Waals surface area contributed by atoms with E-state index in [1.54, 1.807) is 24.5 Å². The summed E-state index contributed by atoms with van der Waals surface area (Å²) < 4.78 is 29.9. The lowest BCUT2D eigenvalue weighted by molar-refractivity contribution is 0.400. The molecule has 1 fully saturated rings. The fraction of sp³-hybridized carbons (Fsp3) is 0.476. The highest BCUT2D eigenvalue weighted by Crippen LogP contribution is 2.42. The zero-order valence-electron chi connectivity index (χ0n) is 16.2. The van der Waals surface area contributed by atoms with Crippen LogP contribution in [0.15, 0.2) is 42.7 Å². The standard InChI is InChI=1S/C21H28FN3OS/c1-20(2,3)27(26)25-21(11-10-15-6-7-15,17-5-4-12-24-14-17)16-8-9-18(22)19(23)13-16/h4-5,8-9,12-15,25H,6-7,10-11,23H2,1-3H3/t21-,27-/m0/s1. The fourth-order valence-electron chi connectivity index (χ4n) is 3.19. The summed E-state index contributed by atoms with van der Waals surface area (Å²) >= 11 is -1.33. The molecule has 1 aliphatic carbocycles. The maximum Gasteiger partial charge on any atom is 0.146 e. The van der Waals surface area contributed by atoms with Crippen molar-refractivity contribution in [2.45, 2.75) is 56.7 Å². The lowest BCUT2D eigenvalue weighted by atomic mass is 9.80.